The predicted molar refractivity (Wildman–Crippen MR) is 243 cm³/mol. The molecule has 0 N–H and O–H groups in total. The molecule has 1 aliphatic carbocycles. The minimum Gasteiger partial charge on any atom is -0.278 e. The molecular weight excluding hydrogens is 731 g/mol. The lowest BCUT2D eigenvalue weighted by molar-refractivity contribution is 0.766. The minimum absolute atomic E-state index is 0.520. The van der Waals surface area contributed by atoms with Gasteiger partial charge in [-0.15, -0.1) is 0 Å². The highest BCUT2D eigenvalue weighted by Gasteiger charge is 2.46. The van der Waals surface area contributed by atoms with Crippen LogP contribution in [0.4, 0.5) is 0 Å². The molecule has 1 unspecified atom stereocenters. The highest BCUT2D eigenvalue weighted by Crippen LogP contribution is 2.58. The average Bonchev–Trinajstić information content (AvgIpc) is 3.83. The van der Waals surface area contributed by atoms with Crippen LogP contribution >= 0.6 is 0 Å². The van der Waals surface area contributed by atoms with Gasteiger partial charge in [0, 0.05) is 34.3 Å². The van der Waals surface area contributed by atoms with Crippen molar-refractivity contribution in [3.8, 4) is 51.0 Å². The first-order valence-corrected chi connectivity index (χ1v) is 20.3. The monoisotopic (exact) mass is 765 g/mol. The van der Waals surface area contributed by atoms with Crippen LogP contribution in [-0.2, 0) is 5.41 Å². The summed E-state index contributed by atoms with van der Waals surface area (Å²) in [5.41, 5.74) is 13.2. The second-order valence-corrected chi connectivity index (χ2v) is 15.4. The van der Waals surface area contributed by atoms with Crippen LogP contribution < -0.4 is 0 Å². The van der Waals surface area contributed by atoms with E-state index in [0.29, 0.717) is 17.6 Å². The SMILES string of the molecule is c1ccc(-c2nc(-c3ccccc3)nc(-n3c4ccc(-c5cccc6c5-c5ccccc5C6(c5ccccc5)c5ccncc5)cc4c4c5ccccc5ccc43)n2)cc1. The average molecular weight is 766 g/mol. The molecule has 0 spiro atoms. The molecule has 8 aromatic carbocycles. The third-order valence-electron chi connectivity index (χ3n) is 12.2. The fourth-order valence-corrected chi connectivity index (χ4v) is 9.72. The smallest absolute Gasteiger partial charge is 0.238 e. The summed E-state index contributed by atoms with van der Waals surface area (Å²) in [5, 5.41) is 4.66. The van der Waals surface area contributed by atoms with Crippen LogP contribution in [0.5, 0.6) is 0 Å². The van der Waals surface area contributed by atoms with E-state index >= 15 is 0 Å². The molecular formula is C55H35N5. The van der Waals surface area contributed by atoms with Crippen molar-refractivity contribution in [1.82, 2.24) is 24.5 Å². The van der Waals surface area contributed by atoms with Gasteiger partial charge < -0.3 is 0 Å². The van der Waals surface area contributed by atoms with Crippen molar-refractivity contribution in [2.75, 3.05) is 0 Å². The third-order valence-corrected chi connectivity index (χ3v) is 12.2. The second kappa shape index (κ2) is 13.5. The summed E-state index contributed by atoms with van der Waals surface area (Å²) in [6, 6.07) is 71.3. The quantitative estimate of drug-likeness (QED) is 0.169. The summed E-state index contributed by atoms with van der Waals surface area (Å²) >= 11 is 0. The van der Waals surface area contributed by atoms with E-state index in [2.05, 4.69) is 173 Å². The molecule has 1 aliphatic rings. The van der Waals surface area contributed by atoms with Gasteiger partial charge in [-0.05, 0) is 85.6 Å². The van der Waals surface area contributed by atoms with E-state index in [4.69, 9.17) is 15.0 Å². The van der Waals surface area contributed by atoms with Crippen LogP contribution in [0.25, 0.3) is 83.6 Å². The summed E-state index contributed by atoms with van der Waals surface area (Å²) < 4.78 is 2.22. The van der Waals surface area contributed by atoms with Gasteiger partial charge in [0.1, 0.15) is 0 Å². The Morgan fingerprint density at radius 3 is 1.75 bits per heavy atom. The van der Waals surface area contributed by atoms with Gasteiger partial charge in [-0.2, -0.15) is 9.97 Å². The topological polar surface area (TPSA) is 56.5 Å². The fraction of sp³-hybridized carbons (Fsp3) is 0.0182. The first kappa shape index (κ1) is 34.1. The van der Waals surface area contributed by atoms with E-state index in [0.717, 1.165) is 38.5 Å². The maximum Gasteiger partial charge on any atom is 0.238 e. The van der Waals surface area contributed by atoms with Crippen LogP contribution in [0.15, 0.2) is 213 Å². The molecule has 0 bridgehead atoms. The van der Waals surface area contributed by atoms with Crippen molar-refractivity contribution in [1.29, 1.82) is 0 Å². The van der Waals surface area contributed by atoms with E-state index in [1.54, 1.807) is 0 Å². The van der Waals surface area contributed by atoms with Gasteiger partial charge in [0.25, 0.3) is 0 Å². The lowest BCUT2D eigenvalue weighted by Crippen LogP contribution is -2.28. The molecule has 1 atom stereocenters. The van der Waals surface area contributed by atoms with Gasteiger partial charge in [-0.3, -0.25) is 9.55 Å². The molecule has 5 nitrogen and oxygen atoms in total. The van der Waals surface area contributed by atoms with Gasteiger partial charge in [0.05, 0.1) is 16.4 Å². The number of hydrogen-bond acceptors (Lipinski definition) is 4. The van der Waals surface area contributed by atoms with Crippen LogP contribution in [0.3, 0.4) is 0 Å². The fourth-order valence-electron chi connectivity index (χ4n) is 9.72. The molecule has 3 aromatic heterocycles. The molecule has 0 fully saturated rings. The molecule has 0 radical (unpaired) electrons. The summed E-state index contributed by atoms with van der Waals surface area (Å²) in [7, 11) is 0. The largest absolute Gasteiger partial charge is 0.278 e. The Morgan fingerprint density at radius 2 is 1.00 bits per heavy atom. The number of fused-ring (bicyclic) bond motifs is 8. The molecule has 12 rings (SSSR count). The number of benzene rings is 8. The van der Waals surface area contributed by atoms with Crippen LogP contribution in [0.1, 0.15) is 22.3 Å². The number of hydrogen-bond donors (Lipinski definition) is 0. The maximum absolute atomic E-state index is 5.21. The second-order valence-electron chi connectivity index (χ2n) is 15.4. The number of rotatable bonds is 6. The third kappa shape index (κ3) is 5.06. The Hall–Kier alpha value is -8.02. The minimum atomic E-state index is -0.520. The maximum atomic E-state index is 5.21. The lowest BCUT2D eigenvalue weighted by atomic mass is 9.68. The van der Waals surface area contributed by atoms with E-state index in [1.807, 2.05) is 48.8 Å². The van der Waals surface area contributed by atoms with Crippen LogP contribution in [0.2, 0.25) is 0 Å². The molecule has 280 valence electrons. The van der Waals surface area contributed by atoms with Gasteiger partial charge in [0.2, 0.25) is 5.95 Å². The van der Waals surface area contributed by atoms with Crippen molar-refractivity contribution in [3.05, 3.63) is 235 Å². The Balaban J connectivity index is 1.14. The zero-order valence-corrected chi connectivity index (χ0v) is 32.4. The van der Waals surface area contributed by atoms with E-state index < -0.39 is 5.41 Å². The number of pyridine rings is 1. The van der Waals surface area contributed by atoms with Crippen molar-refractivity contribution in [2.24, 2.45) is 0 Å². The molecule has 0 aliphatic heterocycles. The first-order chi connectivity index (χ1) is 29.8. The summed E-state index contributed by atoms with van der Waals surface area (Å²) in [6.45, 7) is 0. The number of aromatic nitrogens is 5. The Kier molecular flexibility index (Phi) is 7.69. The van der Waals surface area contributed by atoms with Gasteiger partial charge in [0.15, 0.2) is 11.6 Å². The summed E-state index contributed by atoms with van der Waals surface area (Å²) in [4.78, 5) is 19.9. The Labute approximate surface area is 347 Å². The predicted octanol–water partition coefficient (Wildman–Crippen LogP) is 12.9. The summed E-state index contributed by atoms with van der Waals surface area (Å²) in [5.74, 6) is 1.83. The molecule has 0 saturated carbocycles. The van der Waals surface area contributed by atoms with Crippen molar-refractivity contribution in [3.63, 3.8) is 0 Å². The Morgan fingerprint density at radius 1 is 0.400 bits per heavy atom. The van der Waals surface area contributed by atoms with Gasteiger partial charge in [-0.1, -0.05) is 170 Å². The van der Waals surface area contributed by atoms with Crippen molar-refractivity contribution < 1.29 is 0 Å². The van der Waals surface area contributed by atoms with Crippen LogP contribution in [0, 0.1) is 0 Å². The van der Waals surface area contributed by atoms with E-state index in [9.17, 15) is 0 Å². The van der Waals surface area contributed by atoms with Crippen LogP contribution in [-0.4, -0.2) is 24.5 Å². The highest BCUT2D eigenvalue weighted by atomic mass is 15.2. The normalized spacial score (nSPS) is 14.4. The van der Waals surface area contributed by atoms with Gasteiger partial charge in [-0.25, -0.2) is 4.98 Å². The van der Waals surface area contributed by atoms with E-state index in [-0.39, 0.29) is 0 Å². The molecule has 0 amide bonds. The molecule has 11 aromatic rings. The molecule has 0 saturated heterocycles. The van der Waals surface area contributed by atoms with Crippen molar-refractivity contribution >= 4 is 32.6 Å². The zero-order chi connectivity index (χ0) is 39.6. The van der Waals surface area contributed by atoms with Crippen molar-refractivity contribution in [2.45, 2.75) is 5.41 Å². The highest BCUT2D eigenvalue weighted by molar-refractivity contribution is 6.22. The molecule has 60 heavy (non-hydrogen) atoms. The Bertz CT molecular complexity index is 3320. The molecule has 5 heteroatoms. The van der Waals surface area contributed by atoms with E-state index in [1.165, 1.54) is 49.7 Å². The zero-order valence-electron chi connectivity index (χ0n) is 32.4. The lowest BCUT2D eigenvalue weighted by Gasteiger charge is -2.33. The standard InChI is InChI=1S/C55H35N5/c1-4-16-37(17-5-1)52-57-53(38-18-6-2-7-19-38)59-54(58-52)60-48-29-28-39(35-45(48)51-42-22-11-10-15-36(42)27-30-49(51)60)43-24-14-26-47-50(43)44-23-12-13-25-46(44)55(47,40-20-8-3-9-21-40)41-31-33-56-34-32-41/h1-35H. The van der Waals surface area contributed by atoms with Gasteiger partial charge >= 0.3 is 0 Å². The number of nitrogens with zero attached hydrogens (tertiary/aromatic N) is 5. The molecule has 3 heterocycles. The first-order valence-electron chi connectivity index (χ1n) is 20.3. The summed E-state index contributed by atoms with van der Waals surface area (Å²) in [6.07, 6.45) is 3.83.